The first-order valence-corrected chi connectivity index (χ1v) is 17.2. The van der Waals surface area contributed by atoms with Gasteiger partial charge in [-0.3, -0.25) is 5.41 Å². The lowest BCUT2D eigenvalue weighted by atomic mass is 9.71. The summed E-state index contributed by atoms with van der Waals surface area (Å²) in [7, 11) is 0. The molecule has 48 heavy (non-hydrogen) atoms. The fourth-order valence-corrected chi connectivity index (χ4v) is 7.88. The summed E-state index contributed by atoms with van der Waals surface area (Å²) < 4.78 is 18.9. The third kappa shape index (κ3) is 8.80. The van der Waals surface area contributed by atoms with E-state index in [1.54, 1.807) is 12.1 Å². The molecule has 1 fully saturated rings. The maximum Gasteiger partial charge on any atom is 0.122 e. The largest absolute Gasteiger partial charge is 0.490 e. The molecule has 254 valence electrons. The minimum atomic E-state index is -0.175. The van der Waals surface area contributed by atoms with Crippen LogP contribution in [0.4, 0.5) is 0 Å². The summed E-state index contributed by atoms with van der Waals surface area (Å²) in [5.41, 5.74) is 11.3. The van der Waals surface area contributed by atoms with Crippen molar-refractivity contribution in [1.82, 2.24) is 0 Å². The van der Waals surface area contributed by atoms with Crippen molar-refractivity contribution in [3.8, 4) is 17.2 Å². The number of hydrogen-bond donors (Lipinski definition) is 2. The van der Waals surface area contributed by atoms with Gasteiger partial charge in [0, 0.05) is 16.4 Å². The summed E-state index contributed by atoms with van der Waals surface area (Å²) in [6.45, 7) is 19.8. The van der Waals surface area contributed by atoms with Crippen LogP contribution in [-0.4, -0.2) is 11.9 Å². The summed E-state index contributed by atoms with van der Waals surface area (Å²) >= 11 is 0. The van der Waals surface area contributed by atoms with Gasteiger partial charge in [-0.05, 0) is 107 Å². The Hall–Kier alpha value is -4.25. The molecule has 0 radical (unpaired) electrons. The van der Waals surface area contributed by atoms with E-state index >= 15 is 0 Å². The summed E-state index contributed by atoms with van der Waals surface area (Å²) in [5.74, 6) is 2.57. The lowest BCUT2D eigenvalue weighted by Gasteiger charge is -2.37. The standard InChI is InChI=1S/C43H54N2O3/c1-40(2)25-38(42(5,6)29-41(3,4)28-40)48-37-22-16-34(17-23-37)43(7,8)33-14-20-36(21-15-33)47-27-31-11-9-10-30(24-31)26-46-35-18-12-32(13-19-35)39(44)45/h9-24,38H,25-29H2,1-8H3,(H3,44,45). The third-order valence-electron chi connectivity index (χ3n) is 9.90. The van der Waals surface area contributed by atoms with Crippen LogP contribution in [0.2, 0.25) is 0 Å². The van der Waals surface area contributed by atoms with Gasteiger partial charge in [0.25, 0.3) is 0 Å². The predicted molar refractivity (Wildman–Crippen MR) is 197 cm³/mol. The van der Waals surface area contributed by atoms with Crippen LogP contribution in [0.5, 0.6) is 17.2 Å². The summed E-state index contributed by atoms with van der Waals surface area (Å²) in [5, 5.41) is 7.53. The van der Waals surface area contributed by atoms with Crippen molar-refractivity contribution in [3.63, 3.8) is 0 Å². The number of nitrogens with one attached hydrogen (secondary N) is 1. The molecule has 5 rings (SSSR count). The van der Waals surface area contributed by atoms with Gasteiger partial charge in [-0.1, -0.05) is 97.9 Å². The molecule has 0 aliphatic heterocycles. The molecule has 0 saturated heterocycles. The smallest absolute Gasteiger partial charge is 0.122 e. The van der Waals surface area contributed by atoms with Gasteiger partial charge in [0.1, 0.15) is 42.4 Å². The number of nitrogens with two attached hydrogens (primary N) is 1. The van der Waals surface area contributed by atoms with E-state index in [9.17, 15) is 0 Å². The lowest BCUT2D eigenvalue weighted by molar-refractivity contribution is 0.0403. The van der Waals surface area contributed by atoms with Crippen LogP contribution in [0.25, 0.3) is 0 Å². The molecule has 4 aromatic carbocycles. The van der Waals surface area contributed by atoms with Gasteiger partial charge < -0.3 is 19.9 Å². The van der Waals surface area contributed by atoms with Gasteiger partial charge in [-0.15, -0.1) is 0 Å². The highest BCUT2D eigenvalue weighted by Crippen LogP contribution is 2.51. The highest BCUT2D eigenvalue weighted by Gasteiger charge is 2.45. The van der Waals surface area contributed by atoms with Crippen molar-refractivity contribution in [2.75, 3.05) is 0 Å². The minimum absolute atomic E-state index is 0.0473. The van der Waals surface area contributed by atoms with E-state index in [0.29, 0.717) is 24.2 Å². The average Bonchev–Trinajstić information content (AvgIpc) is 3.08. The Balaban J connectivity index is 1.17. The SMILES string of the molecule is CC1(C)CC(Oc2ccc(C(C)(C)c3ccc(OCc4cccc(COc5ccc(C(=N)N)cc5)c4)cc3)cc2)C(C)(C)CC(C)(C)C1. The molecule has 0 heterocycles. The van der Waals surface area contributed by atoms with Gasteiger partial charge in [0.05, 0.1) is 0 Å². The Morgan fingerprint density at radius 3 is 1.67 bits per heavy atom. The van der Waals surface area contributed by atoms with Crippen molar-refractivity contribution < 1.29 is 14.2 Å². The molecule has 1 aliphatic carbocycles. The topological polar surface area (TPSA) is 77.6 Å². The van der Waals surface area contributed by atoms with E-state index in [1.807, 2.05) is 24.3 Å². The van der Waals surface area contributed by atoms with E-state index < -0.39 is 0 Å². The third-order valence-corrected chi connectivity index (χ3v) is 9.90. The number of benzene rings is 4. The van der Waals surface area contributed by atoms with Crippen molar-refractivity contribution in [1.29, 1.82) is 5.41 Å². The highest BCUT2D eigenvalue weighted by atomic mass is 16.5. The predicted octanol–water partition coefficient (Wildman–Crippen LogP) is 10.5. The Labute approximate surface area is 288 Å². The normalized spacial score (nSPS) is 18.4. The second-order valence-electron chi connectivity index (χ2n) is 16.5. The van der Waals surface area contributed by atoms with E-state index in [0.717, 1.165) is 41.2 Å². The monoisotopic (exact) mass is 646 g/mol. The Bertz CT molecular complexity index is 1680. The molecule has 5 nitrogen and oxygen atoms in total. The molecule has 1 saturated carbocycles. The molecule has 1 aliphatic rings. The van der Waals surface area contributed by atoms with Crippen LogP contribution in [-0.2, 0) is 18.6 Å². The molecule has 1 unspecified atom stereocenters. The van der Waals surface area contributed by atoms with Crippen molar-refractivity contribution in [2.24, 2.45) is 22.0 Å². The molecule has 0 spiro atoms. The number of nitrogen functional groups attached to an aromatic ring is 1. The minimum Gasteiger partial charge on any atom is -0.490 e. The number of hydrogen-bond acceptors (Lipinski definition) is 4. The summed E-state index contributed by atoms with van der Waals surface area (Å²) in [4.78, 5) is 0. The van der Waals surface area contributed by atoms with E-state index in [2.05, 4.69) is 116 Å². The van der Waals surface area contributed by atoms with Crippen LogP contribution >= 0.6 is 0 Å². The van der Waals surface area contributed by atoms with Crippen LogP contribution < -0.4 is 19.9 Å². The Morgan fingerprint density at radius 2 is 1.17 bits per heavy atom. The quantitative estimate of drug-likeness (QED) is 0.0966. The maximum absolute atomic E-state index is 7.53. The van der Waals surface area contributed by atoms with Gasteiger partial charge in [0.15, 0.2) is 0 Å². The van der Waals surface area contributed by atoms with Gasteiger partial charge in [0.2, 0.25) is 0 Å². The second-order valence-corrected chi connectivity index (χ2v) is 16.5. The molecule has 0 aromatic heterocycles. The number of rotatable bonds is 11. The zero-order valence-electron chi connectivity index (χ0n) is 30.2. The molecular weight excluding hydrogens is 592 g/mol. The summed E-state index contributed by atoms with van der Waals surface area (Å²) in [6.07, 6.45) is 3.60. The number of amidine groups is 1. The Morgan fingerprint density at radius 1 is 0.688 bits per heavy atom. The fourth-order valence-electron chi connectivity index (χ4n) is 7.88. The van der Waals surface area contributed by atoms with E-state index in [-0.39, 0.29) is 28.2 Å². The van der Waals surface area contributed by atoms with Crippen LogP contribution in [0, 0.1) is 21.7 Å². The average molecular weight is 647 g/mol. The van der Waals surface area contributed by atoms with Crippen LogP contribution in [0.3, 0.4) is 0 Å². The van der Waals surface area contributed by atoms with Gasteiger partial charge in [-0.2, -0.15) is 0 Å². The lowest BCUT2D eigenvalue weighted by Crippen LogP contribution is -2.37. The van der Waals surface area contributed by atoms with Crippen LogP contribution in [0.15, 0.2) is 97.1 Å². The molecule has 0 bridgehead atoms. The summed E-state index contributed by atoms with van der Waals surface area (Å²) in [6, 6.07) is 32.7. The zero-order chi connectivity index (χ0) is 34.7. The van der Waals surface area contributed by atoms with E-state index in [1.165, 1.54) is 17.5 Å². The zero-order valence-corrected chi connectivity index (χ0v) is 30.2. The molecule has 5 heteroatoms. The fraction of sp³-hybridized carbons (Fsp3) is 0.419. The van der Waals surface area contributed by atoms with Gasteiger partial charge >= 0.3 is 0 Å². The molecule has 3 N–H and O–H groups in total. The highest BCUT2D eigenvalue weighted by molar-refractivity contribution is 5.94. The van der Waals surface area contributed by atoms with Gasteiger partial charge in [-0.25, -0.2) is 0 Å². The van der Waals surface area contributed by atoms with Crippen molar-refractivity contribution >= 4 is 5.84 Å². The number of ether oxygens (including phenoxy) is 3. The molecule has 0 amide bonds. The maximum atomic E-state index is 7.53. The molecular formula is C43H54N2O3. The van der Waals surface area contributed by atoms with Crippen molar-refractivity contribution in [2.45, 2.75) is 99.4 Å². The first-order chi connectivity index (χ1) is 22.5. The first-order valence-electron chi connectivity index (χ1n) is 17.2. The molecule has 1 atom stereocenters. The first kappa shape index (κ1) is 35.1. The van der Waals surface area contributed by atoms with Crippen molar-refractivity contribution in [3.05, 3.63) is 125 Å². The second kappa shape index (κ2) is 13.7. The Kier molecular flexibility index (Phi) is 10.0. The molecule has 4 aromatic rings. The van der Waals surface area contributed by atoms with Crippen LogP contribution in [0.1, 0.15) is 102 Å². The van der Waals surface area contributed by atoms with E-state index in [4.69, 9.17) is 25.4 Å².